The highest BCUT2D eigenvalue weighted by molar-refractivity contribution is 6.17. The molecule has 3 nitrogen and oxygen atoms in total. The maximum atomic E-state index is 11.3. The van der Waals surface area contributed by atoms with Gasteiger partial charge < -0.3 is 10.1 Å². The van der Waals surface area contributed by atoms with Crippen molar-refractivity contribution in [3.8, 4) is 0 Å². The van der Waals surface area contributed by atoms with Crippen molar-refractivity contribution in [2.24, 2.45) is 5.92 Å². The van der Waals surface area contributed by atoms with Crippen LogP contribution in [-0.2, 0) is 9.53 Å². The highest BCUT2D eigenvalue weighted by Crippen LogP contribution is 2.19. The Balaban J connectivity index is 1.92. The first-order valence-electron chi connectivity index (χ1n) is 6.23. The highest BCUT2D eigenvalue weighted by atomic mass is 35.5. The molecule has 0 unspecified atom stereocenters. The molecule has 0 saturated carbocycles. The smallest absolute Gasteiger partial charge is 0.220 e. The second-order valence-corrected chi connectivity index (χ2v) is 4.72. The average molecular weight is 248 g/mol. The largest absolute Gasteiger partial charge is 0.381 e. The van der Waals surface area contributed by atoms with E-state index in [0.717, 1.165) is 38.5 Å². The number of carbonyl (C=O) groups excluding carboxylic acids is 1. The van der Waals surface area contributed by atoms with E-state index in [1.54, 1.807) is 0 Å². The summed E-state index contributed by atoms with van der Waals surface area (Å²) in [7, 11) is 0. The number of nitrogens with one attached hydrogen (secondary N) is 1. The fourth-order valence-electron chi connectivity index (χ4n) is 1.97. The van der Waals surface area contributed by atoms with Crippen molar-refractivity contribution < 1.29 is 9.53 Å². The predicted molar refractivity (Wildman–Crippen MR) is 65.7 cm³/mol. The van der Waals surface area contributed by atoms with Gasteiger partial charge in [0.1, 0.15) is 0 Å². The van der Waals surface area contributed by atoms with Crippen molar-refractivity contribution in [3.63, 3.8) is 0 Å². The first kappa shape index (κ1) is 13.8. The number of halogens is 1. The second-order valence-electron chi connectivity index (χ2n) is 4.34. The fourth-order valence-corrected chi connectivity index (χ4v) is 2.10. The molecule has 0 spiro atoms. The van der Waals surface area contributed by atoms with Crippen LogP contribution in [-0.4, -0.2) is 31.5 Å². The molecule has 0 aromatic carbocycles. The molecule has 94 valence electrons. The van der Waals surface area contributed by atoms with Crippen LogP contribution in [0.1, 0.15) is 38.5 Å². The molecular weight excluding hydrogens is 226 g/mol. The fraction of sp³-hybridized carbons (Fsp3) is 0.917. The van der Waals surface area contributed by atoms with Crippen molar-refractivity contribution in [2.45, 2.75) is 38.5 Å². The lowest BCUT2D eigenvalue weighted by atomic mass is 9.95. The van der Waals surface area contributed by atoms with Gasteiger partial charge in [0, 0.05) is 32.1 Å². The molecule has 16 heavy (non-hydrogen) atoms. The lowest BCUT2D eigenvalue weighted by molar-refractivity contribution is -0.121. The number of rotatable bonds is 7. The van der Waals surface area contributed by atoms with Gasteiger partial charge in [0.25, 0.3) is 0 Å². The summed E-state index contributed by atoms with van der Waals surface area (Å²) in [5.74, 6) is 1.50. The minimum absolute atomic E-state index is 0.132. The molecule has 1 saturated heterocycles. The van der Waals surface area contributed by atoms with E-state index < -0.39 is 0 Å². The number of carbonyl (C=O) groups is 1. The lowest BCUT2D eigenvalue weighted by Gasteiger charge is -2.21. The third-order valence-corrected chi connectivity index (χ3v) is 3.26. The van der Waals surface area contributed by atoms with Gasteiger partial charge >= 0.3 is 0 Å². The minimum Gasteiger partial charge on any atom is -0.381 e. The molecule has 1 amide bonds. The van der Waals surface area contributed by atoms with Gasteiger partial charge in [-0.05, 0) is 38.0 Å². The Kier molecular flexibility index (Phi) is 7.60. The Hall–Kier alpha value is -0.280. The zero-order valence-corrected chi connectivity index (χ0v) is 10.6. The lowest BCUT2D eigenvalue weighted by Crippen LogP contribution is -2.25. The van der Waals surface area contributed by atoms with Gasteiger partial charge in [0.05, 0.1) is 0 Å². The number of amides is 1. The molecule has 1 rings (SSSR count). The van der Waals surface area contributed by atoms with Crippen LogP contribution in [0.25, 0.3) is 0 Å². The number of hydrogen-bond donors (Lipinski definition) is 1. The summed E-state index contributed by atoms with van der Waals surface area (Å²) in [4.78, 5) is 11.3. The molecule has 0 aromatic rings. The third kappa shape index (κ3) is 6.33. The van der Waals surface area contributed by atoms with Crippen LogP contribution in [0.2, 0.25) is 0 Å². The summed E-state index contributed by atoms with van der Waals surface area (Å²) in [6.45, 7) is 2.62. The Labute approximate surface area is 103 Å². The zero-order valence-electron chi connectivity index (χ0n) is 9.84. The molecule has 0 bridgehead atoms. The van der Waals surface area contributed by atoms with E-state index in [1.165, 1.54) is 19.3 Å². The van der Waals surface area contributed by atoms with E-state index in [1.807, 2.05) is 0 Å². The Morgan fingerprint density at radius 2 is 2.06 bits per heavy atom. The monoisotopic (exact) mass is 247 g/mol. The molecule has 0 atom stereocenters. The summed E-state index contributed by atoms with van der Waals surface area (Å²) in [5.41, 5.74) is 0. The van der Waals surface area contributed by atoms with Gasteiger partial charge in [-0.2, -0.15) is 0 Å². The van der Waals surface area contributed by atoms with Crippen molar-refractivity contribution >= 4 is 17.5 Å². The number of alkyl halides is 1. The van der Waals surface area contributed by atoms with Crippen LogP contribution in [0.15, 0.2) is 0 Å². The van der Waals surface area contributed by atoms with Crippen molar-refractivity contribution in [1.82, 2.24) is 5.32 Å². The predicted octanol–water partition coefficient (Wildman–Crippen LogP) is 2.33. The first-order valence-corrected chi connectivity index (χ1v) is 6.77. The second kappa shape index (κ2) is 8.82. The number of ether oxygens (including phenoxy) is 1. The van der Waals surface area contributed by atoms with Gasteiger partial charge in [-0.3, -0.25) is 4.79 Å². The summed E-state index contributed by atoms with van der Waals surface area (Å²) < 4.78 is 5.31. The van der Waals surface area contributed by atoms with Crippen molar-refractivity contribution in [2.75, 3.05) is 25.6 Å². The Morgan fingerprint density at radius 1 is 1.31 bits per heavy atom. The summed E-state index contributed by atoms with van der Waals surface area (Å²) in [6.07, 6.45) is 5.98. The van der Waals surface area contributed by atoms with Crippen LogP contribution in [0.5, 0.6) is 0 Å². The van der Waals surface area contributed by atoms with Crippen molar-refractivity contribution in [1.29, 1.82) is 0 Å². The molecule has 1 N–H and O–H groups in total. The summed E-state index contributed by atoms with van der Waals surface area (Å²) >= 11 is 5.52. The topological polar surface area (TPSA) is 38.3 Å². The van der Waals surface area contributed by atoms with Crippen LogP contribution in [0, 0.1) is 5.92 Å². The molecule has 0 radical (unpaired) electrons. The first-order chi connectivity index (χ1) is 7.83. The van der Waals surface area contributed by atoms with E-state index in [9.17, 15) is 4.79 Å². The molecule has 0 aromatic heterocycles. The Morgan fingerprint density at radius 3 is 2.75 bits per heavy atom. The normalized spacial score (nSPS) is 17.3. The maximum Gasteiger partial charge on any atom is 0.220 e. The van der Waals surface area contributed by atoms with E-state index in [-0.39, 0.29) is 5.91 Å². The third-order valence-electron chi connectivity index (χ3n) is 2.99. The van der Waals surface area contributed by atoms with Crippen LogP contribution in [0.3, 0.4) is 0 Å². The quantitative estimate of drug-likeness (QED) is 0.554. The van der Waals surface area contributed by atoms with Crippen LogP contribution in [0.4, 0.5) is 0 Å². The van der Waals surface area contributed by atoms with E-state index >= 15 is 0 Å². The van der Waals surface area contributed by atoms with E-state index in [2.05, 4.69) is 5.32 Å². The van der Waals surface area contributed by atoms with Gasteiger partial charge in [0.15, 0.2) is 0 Å². The number of hydrogen-bond acceptors (Lipinski definition) is 2. The van der Waals surface area contributed by atoms with E-state index in [4.69, 9.17) is 16.3 Å². The summed E-state index contributed by atoms with van der Waals surface area (Å²) in [5, 5.41) is 2.93. The van der Waals surface area contributed by atoms with Crippen molar-refractivity contribution in [3.05, 3.63) is 0 Å². The standard InChI is InChI=1S/C12H22ClNO2/c13-7-1-4-12(15)14-8-2-3-11-5-9-16-10-6-11/h11H,1-10H2,(H,14,15). The SMILES string of the molecule is O=C(CCCCl)NCCCC1CCOCC1. The van der Waals surface area contributed by atoms with Gasteiger partial charge in [-0.1, -0.05) is 0 Å². The zero-order chi connectivity index (χ0) is 11.6. The van der Waals surface area contributed by atoms with Crippen LogP contribution < -0.4 is 5.32 Å². The maximum absolute atomic E-state index is 11.3. The molecule has 1 heterocycles. The van der Waals surface area contributed by atoms with Gasteiger partial charge in [0.2, 0.25) is 5.91 Å². The molecular formula is C12H22ClNO2. The molecule has 1 fully saturated rings. The van der Waals surface area contributed by atoms with E-state index in [0.29, 0.717) is 12.3 Å². The van der Waals surface area contributed by atoms with Gasteiger partial charge in [-0.25, -0.2) is 0 Å². The minimum atomic E-state index is 0.132. The molecule has 0 aliphatic carbocycles. The molecule has 1 aliphatic rings. The molecule has 4 heteroatoms. The highest BCUT2D eigenvalue weighted by Gasteiger charge is 2.12. The summed E-state index contributed by atoms with van der Waals surface area (Å²) in [6, 6.07) is 0. The van der Waals surface area contributed by atoms with Crippen LogP contribution >= 0.6 is 11.6 Å². The Bertz CT molecular complexity index is 193. The van der Waals surface area contributed by atoms with Gasteiger partial charge in [-0.15, -0.1) is 11.6 Å². The average Bonchev–Trinajstić information content (AvgIpc) is 2.33. The molecule has 1 aliphatic heterocycles.